The molecule has 0 aromatic carbocycles. The Balaban J connectivity index is 1.64. The van der Waals surface area contributed by atoms with Crippen LogP contribution in [0.2, 0.25) is 0 Å². The Bertz CT molecular complexity index is 614. The number of carbonyl (C=O) groups is 2. The third kappa shape index (κ3) is 3.81. The molecule has 2 amide bonds. The SMILES string of the molecule is CCOc1ccc(C(=O)N2CC[C@H]3[C@H](CCC(=O)N3CCCO)C2)o1. The smallest absolute Gasteiger partial charge is 0.289 e. The normalized spacial score (nSPS) is 23.5. The maximum Gasteiger partial charge on any atom is 0.289 e. The van der Waals surface area contributed by atoms with E-state index in [4.69, 9.17) is 14.3 Å². The molecule has 3 heterocycles. The van der Waals surface area contributed by atoms with Crippen LogP contribution in [0.25, 0.3) is 0 Å². The number of furan rings is 1. The van der Waals surface area contributed by atoms with Gasteiger partial charge in [0.1, 0.15) is 0 Å². The lowest BCUT2D eigenvalue weighted by atomic mass is 9.83. The first-order valence-electron chi connectivity index (χ1n) is 9.06. The van der Waals surface area contributed by atoms with Gasteiger partial charge in [0.25, 0.3) is 11.9 Å². The van der Waals surface area contributed by atoms with Gasteiger partial charge in [-0.05, 0) is 38.2 Å². The molecular formula is C18H26N2O5. The van der Waals surface area contributed by atoms with Crippen molar-refractivity contribution in [3.63, 3.8) is 0 Å². The second-order valence-electron chi connectivity index (χ2n) is 6.62. The summed E-state index contributed by atoms with van der Waals surface area (Å²) in [6.45, 7) is 4.28. The van der Waals surface area contributed by atoms with E-state index < -0.39 is 0 Å². The number of hydrogen-bond donors (Lipinski definition) is 1. The van der Waals surface area contributed by atoms with E-state index in [1.165, 1.54) is 0 Å². The maximum atomic E-state index is 12.7. The fourth-order valence-electron chi connectivity index (χ4n) is 3.88. The molecule has 0 aliphatic carbocycles. The minimum absolute atomic E-state index is 0.0897. The van der Waals surface area contributed by atoms with Gasteiger partial charge in [-0.3, -0.25) is 9.59 Å². The van der Waals surface area contributed by atoms with Crippen molar-refractivity contribution < 1.29 is 23.8 Å². The molecule has 0 saturated carbocycles. The topological polar surface area (TPSA) is 83.2 Å². The fourth-order valence-corrected chi connectivity index (χ4v) is 3.88. The number of aliphatic hydroxyl groups is 1. The number of hydrogen-bond acceptors (Lipinski definition) is 5. The Kier molecular flexibility index (Phi) is 5.63. The average Bonchev–Trinajstić information content (AvgIpc) is 3.09. The Hall–Kier alpha value is -2.02. The Morgan fingerprint density at radius 2 is 2.24 bits per heavy atom. The lowest BCUT2D eigenvalue weighted by molar-refractivity contribution is -0.140. The van der Waals surface area contributed by atoms with E-state index in [9.17, 15) is 9.59 Å². The molecular weight excluding hydrogens is 324 g/mol. The third-order valence-corrected chi connectivity index (χ3v) is 5.07. The largest absolute Gasteiger partial charge is 0.465 e. The standard InChI is InChI=1S/C18H26N2O5/c1-2-24-17-7-5-15(25-17)18(23)19-10-8-14-13(12-19)4-6-16(22)20(14)9-3-11-21/h5,7,13-14,21H,2-4,6,8-12H2,1H3/t13-,14+/m1/s1. The zero-order valence-electron chi connectivity index (χ0n) is 14.6. The quantitative estimate of drug-likeness (QED) is 0.841. The molecule has 138 valence electrons. The number of aliphatic hydroxyl groups excluding tert-OH is 1. The molecule has 7 nitrogen and oxygen atoms in total. The minimum Gasteiger partial charge on any atom is -0.465 e. The van der Waals surface area contributed by atoms with Gasteiger partial charge in [-0.1, -0.05) is 0 Å². The Morgan fingerprint density at radius 3 is 3.00 bits per heavy atom. The number of ether oxygens (including phenoxy) is 1. The highest BCUT2D eigenvalue weighted by molar-refractivity contribution is 5.91. The van der Waals surface area contributed by atoms with Crippen LogP contribution in [-0.4, -0.2) is 65.6 Å². The van der Waals surface area contributed by atoms with Crippen LogP contribution in [0, 0.1) is 5.92 Å². The predicted octanol–water partition coefficient (Wildman–Crippen LogP) is 1.51. The van der Waals surface area contributed by atoms with Crippen molar-refractivity contribution in [2.45, 2.75) is 38.6 Å². The zero-order valence-corrected chi connectivity index (χ0v) is 14.6. The monoisotopic (exact) mass is 350 g/mol. The van der Waals surface area contributed by atoms with Crippen molar-refractivity contribution in [1.29, 1.82) is 0 Å². The predicted molar refractivity (Wildman–Crippen MR) is 90.3 cm³/mol. The molecule has 2 saturated heterocycles. The highest BCUT2D eigenvalue weighted by Crippen LogP contribution is 2.32. The number of carbonyl (C=O) groups excluding carboxylic acids is 2. The minimum atomic E-state index is -0.122. The molecule has 2 fully saturated rings. The van der Waals surface area contributed by atoms with Crippen molar-refractivity contribution >= 4 is 11.8 Å². The molecule has 3 rings (SSSR count). The van der Waals surface area contributed by atoms with E-state index >= 15 is 0 Å². The molecule has 0 spiro atoms. The number of nitrogens with zero attached hydrogens (tertiary/aromatic N) is 2. The van der Waals surface area contributed by atoms with Gasteiger partial charge in [0.05, 0.1) is 6.61 Å². The average molecular weight is 350 g/mol. The van der Waals surface area contributed by atoms with Gasteiger partial charge in [-0.25, -0.2) is 0 Å². The van der Waals surface area contributed by atoms with E-state index in [1.807, 2.05) is 16.7 Å². The molecule has 1 N–H and O–H groups in total. The molecule has 1 aromatic heterocycles. The summed E-state index contributed by atoms with van der Waals surface area (Å²) in [6, 6.07) is 3.49. The van der Waals surface area contributed by atoms with Crippen molar-refractivity contribution in [3.8, 4) is 5.95 Å². The van der Waals surface area contributed by atoms with E-state index in [-0.39, 0.29) is 30.4 Å². The number of likely N-dealkylation sites (tertiary alicyclic amines) is 2. The lowest BCUT2D eigenvalue weighted by Gasteiger charge is -2.47. The van der Waals surface area contributed by atoms with Crippen molar-refractivity contribution in [3.05, 3.63) is 17.9 Å². The fraction of sp³-hybridized carbons (Fsp3) is 0.667. The number of rotatable bonds is 6. The first-order chi connectivity index (χ1) is 12.1. The highest BCUT2D eigenvalue weighted by atomic mass is 16.6. The second kappa shape index (κ2) is 7.91. The molecule has 2 aliphatic heterocycles. The van der Waals surface area contributed by atoms with Gasteiger partial charge >= 0.3 is 0 Å². The zero-order chi connectivity index (χ0) is 17.8. The number of amides is 2. The summed E-state index contributed by atoms with van der Waals surface area (Å²) in [5.74, 6) is 0.991. The first kappa shape index (κ1) is 17.8. The van der Waals surface area contributed by atoms with Gasteiger partial charge in [0.15, 0.2) is 5.76 Å². The van der Waals surface area contributed by atoms with Gasteiger partial charge < -0.3 is 24.1 Å². The summed E-state index contributed by atoms with van der Waals surface area (Å²) in [5.41, 5.74) is 0. The Labute approximate surface area is 147 Å². The van der Waals surface area contributed by atoms with Gasteiger partial charge in [-0.15, -0.1) is 0 Å². The molecule has 2 atom stereocenters. The molecule has 2 aliphatic rings. The summed E-state index contributed by atoms with van der Waals surface area (Å²) in [4.78, 5) is 28.6. The van der Waals surface area contributed by atoms with Crippen LogP contribution in [0.5, 0.6) is 5.95 Å². The van der Waals surface area contributed by atoms with Crippen LogP contribution in [0.1, 0.15) is 43.2 Å². The van der Waals surface area contributed by atoms with Crippen molar-refractivity contribution in [2.24, 2.45) is 5.92 Å². The van der Waals surface area contributed by atoms with Crippen LogP contribution >= 0.6 is 0 Å². The highest BCUT2D eigenvalue weighted by Gasteiger charge is 2.40. The van der Waals surface area contributed by atoms with Gasteiger partial charge in [0.2, 0.25) is 5.91 Å². The van der Waals surface area contributed by atoms with Crippen LogP contribution in [0.3, 0.4) is 0 Å². The summed E-state index contributed by atoms with van der Waals surface area (Å²) < 4.78 is 10.7. The molecule has 25 heavy (non-hydrogen) atoms. The van der Waals surface area contributed by atoms with Crippen LogP contribution in [0.15, 0.2) is 16.5 Å². The van der Waals surface area contributed by atoms with Gasteiger partial charge in [0, 0.05) is 44.8 Å². The molecule has 7 heteroatoms. The van der Waals surface area contributed by atoms with Crippen molar-refractivity contribution in [2.75, 3.05) is 32.8 Å². The summed E-state index contributed by atoms with van der Waals surface area (Å²) in [6.07, 6.45) is 2.70. The van der Waals surface area contributed by atoms with Gasteiger partial charge in [-0.2, -0.15) is 0 Å². The van der Waals surface area contributed by atoms with Crippen LogP contribution in [-0.2, 0) is 4.79 Å². The molecule has 1 aromatic rings. The van der Waals surface area contributed by atoms with Crippen molar-refractivity contribution in [1.82, 2.24) is 9.80 Å². The van der Waals surface area contributed by atoms with E-state index in [0.29, 0.717) is 50.8 Å². The molecule has 0 radical (unpaired) electrons. The summed E-state index contributed by atoms with van der Waals surface area (Å²) in [5, 5.41) is 9.05. The summed E-state index contributed by atoms with van der Waals surface area (Å²) >= 11 is 0. The maximum absolute atomic E-state index is 12.7. The van der Waals surface area contributed by atoms with E-state index in [1.54, 1.807) is 12.1 Å². The first-order valence-corrected chi connectivity index (χ1v) is 9.06. The molecule has 0 bridgehead atoms. The Morgan fingerprint density at radius 1 is 1.40 bits per heavy atom. The second-order valence-corrected chi connectivity index (χ2v) is 6.62. The number of piperidine rings is 2. The number of fused-ring (bicyclic) bond motifs is 1. The van der Waals surface area contributed by atoms with E-state index in [2.05, 4.69) is 0 Å². The van der Waals surface area contributed by atoms with Crippen LogP contribution < -0.4 is 4.74 Å². The van der Waals surface area contributed by atoms with Crippen LogP contribution in [0.4, 0.5) is 0 Å². The van der Waals surface area contributed by atoms with E-state index in [0.717, 1.165) is 12.8 Å². The lowest BCUT2D eigenvalue weighted by Crippen LogP contribution is -2.57. The molecule has 0 unspecified atom stereocenters. The third-order valence-electron chi connectivity index (χ3n) is 5.07. The summed E-state index contributed by atoms with van der Waals surface area (Å²) in [7, 11) is 0.